The molecule has 6 nitrogen and oxygen atoms in total. The lowest BCUT2D eigenvalue weighted by atomic mass is 9.97. The number of para-hydroxylation sites is 1. The molecule has 2 aromatic carbocycles. The van der Waals surface area contributed by atoms with E-state index in [0.717, 1.165) is 36.2 Å². The van der Waals surface area contributed by atoms with Gasteiger partial charge in [-0.2, -0.15) is 5.10 Å². The Morgan fingerprint density at radius 1 is 1.12 bits per heavy atom. The van der Waals surface area contributed by atoms with Crippen molar-refractivity contribution in [3.8, 4) is 0 Å². The van der Waals surface area contributed by atoms with Crippen molar-refractivity contribution in [3.05, 3.63) is 66.0 Å². The van der Waals surface area contributed by atoms with Crippen molar-refractivity contribution in [3.63, 3.8) is 0 Å². The average Bonchev–Trinajstić information content (AvgIpc) is 3.34. The van der Waals surface area contributed by atoms with Crippen molar-refractivity contribution in [1.82, 2.24) is 25.0 Å². The number of nitrogens with one attached hydrogen (secondary N) is 2. The standard InChI is InChI=1S/C15H18F2N2O.C10H11N3/c1-10-6-12-11-4-2-3-5-13(11)18-14(12)7-19(10)8-15(16,17)9-20;1-2-4-10-8(3-1)7-13(12-10)9-5-11-6-9/h2-5,10,18,20H,6-9H2,1H3;1-4,7,9,11H,5-6H2. The highest BCUT2D eigenvalue weighted by Crippen LogP contribution is 2.31. The van der Waals surface area contributed by atoms with E-state index in [9.17, 15) is 8.78 Å². The van der Waals surface area contributed by atoms with Crippen LogP contribution in [-0.4, -0.2) is 63.0 Å². The molecule has 1 unspecified atom stereocenters. The van der Waals surface area contributed by atoms with Crippen molar-refractivity contribution in [1.29, 1.82) is 0 Å². The number of alkyl halides is 2. The summed E-state index contributed by atoms with van der Waals surface area (Å²) in [7, 11) is 0. The number of halogens is 2. The van der Waals surface area contributed by atoms with E-state index in [1.54, 1.807) is 4.90 Å². The molecule has 3 N–H and O–H groups in total. The van der Waals surface area contributed by atoms with Crippen molar-refractivity contribution < 1.29 is 13.9 Å². The number of fused-ring (bicyclic) bond motifs is 4. The highest BCUT2D eigenvalue weighted by Gasteiger charge is 2.35. The van der Waals surface area contributed by atoms with Crippen molar-refractivity contribution in [2.75, 3.05) is 26.2 Å². The summed E-state index contributed by atoms with van der Waals surface area (Å²) in [5.74, 6) is -3.04. The molecule has 4 aromatic rings. The molecule has 1 fully saturated rings. The van der Waals surface area contributed by atoms with Crippen molar-refractivity contribution in [2.45, 2.75) is 37.9 Å². The molecule has 0 aliphatic carbocycles. The molecule has 1 atom stereocenters. The van der Waals surface area contributed by atoms with Gasteiger partial charge in [-0.1, -0.05) is 36.4 Å². The maximum Gasteiger partial charge on any atom is 0.283 e. The lowest BCUT2D eigenvalue weighted by Crippen LogP contribution is -2.46. The first-order chi connectivity index (χ1) is 15.9. The molecular weight excluding hydrogens is 424 g/mol. The number of hydrogen-bond acceptors (Lipinski definition) is 4. The summed E-state index contributed by atoms with van der Waals surface area (Å²) in [6, 6.07) is 16.9. The van der Waals surface area contributed by atoms with Crippen LogP contribution in [0.2, 0.25) is 0 Å². The van der Waals surface area contributed by atoms with Gasteiger partial charge in [0.2, 0.25) is 0 Å². The first kappa shape index (κ1) is 22.0. The molecule has 1 saturated heterocycles. The number of aromatic amines is 1. The van der Waals surface area contributed by atoms with Crippen molar-refractivity contribution >= 4 is 21.8 Å². The summed E-state index contributed by atoms with van der Waals surface area (Å²) >= 11 is 0. The second-order valence-electron chi connectivity index (χ2n) is 9.08. The summed E-state index contributed by atoms with van der Waals surface area (Å²) in [6.45, 7) is 3.02. The van der Waals surface area contributed by atoms with Crippen LogP contribution < -0.4 is 5.32 Å². The molecule has 174 valence electrons. The molecule has 4 heterocycles. The highest BCUT2D eigenvalue weighted by atomic mass is 19.3. The molecule has 6 rings (SSSR count). The third kappa shape index (κ3) is 4.51. The molecule has 0 spiro atoms. The zero-order valence-corrected chi connectivity index (χ0v) is 18.6. The first-order valence-electron chi connectivity index (χ1n) is 11.4. The van der Waals surface area contributed by atoms with Gasteiger partial charge < -0.3 is 15.4 Å². The molecule has 0 bridgehead atoms. The monoisotopic (exact) mass is 453 g/mol. The predicted octanol–water partition coefficient (Wildman–Crippen LogP) is 3.72. The van der Waals surface area contributed by atoms with E-state index in [1.807, 2.05) is 37.3 Å². The van der Waals surface area contributed by atoms with Gasteiger partial charge in [0.15, 0.2) is 0 Å². The topological polar surface area (TPSA) is 69.1 Å². The number of aromatic nitrogens is 3. The lowest BCUT2D eigenvalue weighted by molar-refractivity contribution is -0.0819. The van der Waals surface area contributed by atoms with Crippen LogP contribution in [0.4, 0.5) is 8.78 Å². The number of hydrogen-bond donors (Lipinski definition) is 3. The van der Waals surface area contributed by atoms with Crippen LogP contribution in [0, 0.1) is 0 Å². The fraction of sp³-hybridized carbons (Fsp3) is 0.400. The predicted molar refractivity (Wildman–Crippen MR) is 126 cm³/mol. The van der Waals surface area contributed by atoms with E-state index in [0.29, 0.717) is 12.6 Å². The Hall–Kier alpha value is -2.81. The van der Waals surface area contributed by atoms with Crippen LogP contribution in [0.5, 0.6) is 0 Å². The number of H-pyrrole nitrogens is 1. The Labute approximate surface area is 191 Å². The summed E-state index contributed by atoms with van der Waals surface area (Å²) in [4.78, 5) is 5.05. The van der Waals surface area contributed by atoms with Gasteiger partial charge in [0, 0.05) is 53.9 Å². The van der Waals surface area contributed by atoms with Gasteiger partial charge in [0.1, 0.15) is 6.61 Å². The van der Waals surface area contributed by atoms with Crippen LogP contribution in [0.1, 0.15) is 24.2 Å². The van der Waals surface area contributed by atoms with E-state index in [2.05, 4.69) is 44.5 Å². The van der Waals surface area contributed by atoms with E-state index in [4.69, 9.17) is 5.11 Å². The number of aliphatic hydroxyl groups excluding tert-OH is 1. The Morgan fingerprint density at radius 2 is 1.88 bits per heavy atom. The van der Waals surface area contributed by atoms with Gasteiger partial charge in [-0.05, 0) is 31.0 Å². The SMILES string of the molecule is CC1Cc2c([nH]c3ccccc23)CN1CC(F)(F)CO.c1ccc2nn(C3CNC3)cc2c1. The van der Waals surface area contributed by atoms with Gasteiger partial charge in [-0.15, -0.1) is 0 Å². The average molecular weight is 454 g/mol. The van der Waals surface area contributed by atoms with Crippen LogP contribution in [0.15, 0.2) is 54.7 Å². The third-order valence-electron chi connectivity index (χ3n) is 6.62. The summed E-state index contributed by atoms with van der Waals surface area (Å²) < 4.78 is 28.8. The summed E-state index contributed by atoms with van der Waals surface area (Å²) in [5, 5.41) is 18.9. The van der Waals surface area contributed by atoms with Gasteiger partial charge in [0.25, 0.3) is 5.92 Å². The molecule has 2 aromatic heterocycles. The maximum absolute atomic E-state index is 13.4. The maximum atomic E-state index is 13.4. The minimum Gasteiger partial charge on any atom is -0.390 e. The van der Waals surface area contributed by atoms with E-state index in [-0.39, 0.29) is 6.04 Å². The zero-order chi connectivity index (χ0) is 23.0. The number of rotatable bonds is 4. The molecule has 2 aliphatic rings. The lowest BCUT2D eigenvalue weighted by Gasteiger charge is -2.35. The highest BCUT2D eigenvalue weighted by molar-refractivity contribution is 5.85. The van der Waals surface area contributed by atoms with Crippen molar-refractivity contribution in [2.24, 2.45) is 0 Å². The van der Waals surface area contributed by atoms with Gasteiger partial charge >= 0.3 is 0 Å². The van der Waals surface area contributed by atoms with Crippen LogP contribution in [-0.2, 0) is 13.0 Å². The zero-order valence-electron chi connectivity index (χ0n) is 18.6. The molecule has 0 saturated carbocycles. The Balaban J connectivity index is 0.000000151. The fourth-order valence-electron chi connectivity index (χ4n) is 4.60. The van der Waals surface area contributed by atoms with Crippen LogP contribution in [0.3, 0.4) is 0 Å². The molecule has 8 heteroatoms. The summed E-state index contributed by atoms with van der Waals surface area (Å²) in [6.07, 6.45) is 2.88. The fourth-order valence-corrected chi connectivity index (χ4v) is 4.60. The smallest absolute Gasteiger partial charge is 0.283 e. The van der Waals surface area contributed by atoms with E-state index >= 15 is 0 Å². The molecule has 2 aliphatic heterocycles. The number of aliphatic hydroxyl groups is 1. The Morgan fingerprint density at radius 3 is 2.61 bits per heavy atom. The minimum absolute atomic E-state index is 0.0409. The van der Waals surface area contributed by atoms with Gasteiger partial charge in [0.05, 0.1) is 18.1 Å². The van der Waals surface area contributed by atoms with E-state index in [1.165, 1.54) is 16.3 Å². The molecular formula is C25H29F2N5O. The largest absolute Gasteiger partial charge is 0.390 e. The Bertz CT molecular complexity index is 1210. The second-order valence-corrected chi connectivity index (χ2v) is 9.08. The second kappa shape index (κ2) is 8.85. The number of benzene rings is 2. The summed E-state index contributed by atoms with van der Waals surface area (Å²) in [5.41, 5.74) is 4.39. The Kier molecular flexibility index (Phi) is 5.90. The molecule has 0 radical (unpaired) electrons. The number of nitrogens with zero attached hydrogens (tertiary/aromatic N) is 3. The van der Waals surface area contributed by atoms with E-state index < -0.39 is 19.1 Å². The quantitative estimate of drug-likeness (QED) is 0.441. The third-order valence-corrected chi connectivity index (χ3v) is 6.62. The minimum atomic E-state index is -3.04. The van der Waals surface area contributed by atoms with Gasteiger partial charge in [-0.25, -0.2) is 8.78 Å². The molecule has 0 amide bonds. The normalized spacial score (nSPS) is 19.2. The van der Waals surface area contributed by atoms with Gasteiger partial charge in [-0.3, -0.25) is 9.58 Å². The molecule has 33 heavy (non-hydrogen) atoms. The van der Waals surface area contributed by atoms with Crippen LogP contribution in [0.25, 0.3) is 21.8 Å². The van der Waals surface area contributed by atoms with Crippen LogP contribution >= 0.6 is 0 Å². The first-order valence-corrected chi connectivity index (χ1v) is 11.4.